The van der Waals surface area contributed by atoms with E-state index in [1.165, 1.54) is 19.9 Å². The fraction of sp³-hybridized carbons (Fsp3) is 0.600. The van der Waals surface area contributed by atoms with E-state index in [1.54, 1.807) is 12.1 Å². The maximum absolute atomic E-state index is 14.0. The number of alkyl halides is 2. The van der Waals surface area contributed by atoms with Crippen LogP contribution in [0.4, 0.5) is 8.78 Å². The Balaban J connectivity index is 3.14. The van der Waals surface area contributed by atoms with Crippen LogP contribution in [0.5, 0.6) is 0 Å². The lowest BCUT2D eigenvalue weighted by molar-refractivity contribution is -0.0514. The van der Waals surface area contributed by atoms with Crippen molar-refractivity contribution in [1.82, 2.24) is 0 Å². The summed E-state index contributed by atoms with van der Waals surface area (Å²) in [6, 6.07) is 6.73. The van der Waals surface area contributed by atoms with E-state index in [4.69, 9.17) is 5.73 Å². The molecular weight excluding hydrogens is 232 g/mol. The van der Waals surface area contributed by atoms with E-state index >= 15 is 0 Å². The second-order valence-electron chi connectivity index (χ2n) is 5.78. The van der Waals surface area contributed by atoms with Crippen molar-refractivity contribution >= 4 is 0 Å². The van der Waals surface area contributed by atoms with Crippen LogP contribution in [-0.2, 0) is 11.3 Å². The highest BCUT2D eigenvalue weighted by Crippen LogP contribution is 2.37. The van der Waals surface area contributed by atoms with Crippen molar-refractivity contribution in [3.8, 4) is 0 Å². The Morgan fingerprint density at radius 3 is 2.22 bits per heavy atom. The van der Waals surface area contributed by atoms with E-state index in [0.717, 1.165) is 12.0 Å². The first kappa shape index (κ1) is 15.1. The third-order valence-corrected chi connectivity index (χ3v) is 3.52. The molecule has 102 valence electrons. The summed E-state index contributed by atoms with van der Waals surface area (Å²) in [6.07, 6.45) is 0.781. The number of halogens is 2. The minimum atomic E-state index is -2.78. The van der Waals surface area contributed by atoms with Crippen molar-refractivity contribution in [2.45, 2.75) is 45.5 Å². The average Bonchev–Trinajstić information content (AvgIpc) is 2.29. The van der Waals surface area contributed by atoms with Crippen LogP contribution in [0.1, 0.15) is 45.2 Å². The van der Waals surface area contributed by atoms with Crippen molar-refractivity contribution in [3.05, 3.63) is 35.4 Å². The van der Waals surface area contributed by atoms with E-state index < -0.39 is 11.8 Å². The normalized spacial score (nSPS) is 13.1. The van der Waals surface area contributed by atoms with Gasteiger partial charge >= 0.3 is 0 Å². The summed E-state index contributed by atoms with van der Waals surface area (Å²) in [6.45, 7) is 7.70. The Morgan fingerprint density at radius 1 is 1.17 bits per heavy atom. The van der Waals surface area contributed by atoms with Gasteiger partial charge in [-0.2, -0.15) is 0 Å². The topological polar surface area (TPSA) is 26.0 Å². The third kappa shape index (κ3) is 3.08. The number of hydrogen-bond donors (Lipinski definition) is 1. The zero-order chi connectivity index (χ0) is 14.0. The molecule has 1 aromatic rings. The average molecular weight is 255 g/mol. The first-order chi connectivity index (χ1) is 8.21. The van der Waals surface area contributed by atoms with Crippen LogP contribution in [-0.4, -0.2) is 6.54 Å². The lowest BCUT2D eigenvalue weighted by Crippen LogP contribution is -2.24. The molecule has 0 radical (unpaired) electrons. The summed E-state index contributed by atoms with van der Waals surface area (Å²) in [7, 11) is 0. The largest absolute Gasteiger partial charge is 0.330 e. The van der Waals surface area contributed by atoms with Gasteiger partial charge in [0.2, 0.25) is 0 Å². The monoisotopic (exact) mass is 255 g/mol. The highest BCUT2D eigenvalue weighted by atomic mass is 19.3. The molecule has 0 atom stereocenters. The smallest absolute Gasteiger partial charge is 0.275 e. The number of rotatable bonds is 5. The molecule has 1 nitrogen and oxygen atoms in total. The predicted molar refractivity (Wildman–Crippen MR) is 71.9 cm³/mol. The molecule has 0 saturated heterocycles. The SMILES string of the molecule is CC(C)C(F)(F)c1cccc(C(C)(C)CCN)c1. The molecule has 2 N–H and O–H groups in total. The Kier molecular flexibility index (Phi) is 4.49. The Labute approximate surface area is 108 Å². The maximum Gasteiger partial charge on any atom is 0.275 e. The second-order valence-corrected chi connectivity index (χ2v) is 5.78. The molecule has 0 amide bonds. The van der Waals surface area contributed by atoms with Gasteiger partial charge in [0, 0.05) is 11.5 Å². The van der Waals surface area contributed by atoms with Gasteiger partial charge in [-0.25, -0.2) is 8.78 Å². The van der Waals surface area contributed by atoms with Crippen LogP contribution in [0, 0.1) is 5.92 Å². The molecular formula is C15H23F2N. The summed E-state index contributed by atoms with van der Waals surface area (Å²) in [5.74, 6) is -3.49. The number of nitrogens with two attached hydrogens (primary N) is 1. The van der Waals surface area contributed by atoms with Crippen LogP contribution >= 0.6 is 0 Å². The molecule has 0 saturated carbocycles. The summed E-state index contributed by atoms with van der Waals surface area (Å²) in [5.41, 5.74) is 6.43. The van der Waals surface area contributed by atoms with E-state index in [-0.39, 0.29) is 11.0 Å². The van der Waals surface area contributed by atoms with Gasteiger partial charge in [-0.05, 0) is 30.0 Å². The van der Waals surface area contributed by atoms with Gasteiger partial charge in [0.25, 0.3) is 5.92 Å². The molecule has 0 unspecified atom stereocenters. The fourth-order valence-corrected chi connectivity index (χ4v) is 1.99. The minimum absolute atomic E-state index is 0.0973. The van der Waals surface area contributed by atoms with Gasteiger partial charge in [-0.15, -0.1) is 0 Å². The molecule has 0 heterocycles. The summed E-state index contributed by atoms with van der Waals surface area (Å²) >= 11 is 0. The lowest BCUT2D eigenvalue weighted by Gasteiger charge is -2.27. The lowest BCUT2D eigenvalue weighted by atomic mass is 9.80. The van der Waals surface area contributed by atoms with Crippen LogP contribution < -0.4 is 5.73 Å². The molecule has 3 heteroatoms. The van der Waals surface area contributed by atoms with Crippen molar-refractivity contribution in [3.63, 3.8) is 0 Å². The Morgan fingerprint density at radius 2 is 1.72 bits per heavy atom. The van der Waals surface area contributed by atoms with Crippen molar-refractivity contribution in [2.75, 3.05) is 6.54 Å². The van der Waals surface area contributed by atoms with E-state index in [9.17, 15) is 8.78 Å². The van der Waals surface area contributed by atoms with Crippen LogP contribution in [0.2, 0.25) is 0 Å². The molecule has 1 aromatic carbocycles. The van der Waals surface area contributed by atoms with E-state index in [2.05, 4.69) is 0 Å². The van der Waals surface area contributed by atoms with Gasteiger partial charge in [0.1, 0.15) is 0 Å². The van der Waals surface area contributed by atoms with Crippen LogP contribution in [0.25, 0.3) is 0 Å². The van der Waals surface area contributed by atoms with Gasteiger partial charge in [0.05, 0.1) is 0 Å². The molecule has 1 rings (SSSR count). The zero-order valence-electron chi connectivity index (χ0n) is 11.6. The van der Waals surface area contributed by atoms with E-state index in [0.29, 0.717) is 6.54 Å². The van der Waals surface area contributed by atoms with Crippen LogP contribution in [0.15, 0.2) is 24.3 Å². The standard InChI is InChI=1S/C15H23F2N/c1-11(2)15(16,17)13-7-5-6-12(10-13)14(3,4)8-9-18/h5-7,10-11H,8-9,18H2,1-4H3. The first-order valence-electron chi connectivity index (χ1n) is 6.40. The number of benzene rings is 1. The Hall–Kier alpha value is -0.960. The highest BCUT2D eigenvalue weighted by molar-refractivity contribution is 5.32. The summed E-state index contributed by atoms with van der Waals surface area (Å²) < 4.78 is 28.0. The third-order valence-electron chi connectivity index (χ3n) is 3.52. The second kappa shape index (κ2) is 5.35. The highest BCUT2D eigenvalue weighted by Gasteiger charge is 2.36. The molecule has 0 bridgehead atoms. The summed E-state index contributed by atoms with van der Waals surface area (Å²) in [4.78, 5) is 0. The van der Waals surface area contributed by atoms with Crippen molar-refractivity contribution < 1.29 is 8.78 Å². The van der Waals surface area contributed by atoms with Gasteiger partial charge in [0.15, 0.2) is 0 Å². The molecule has 0 aliphatic heterocycles. The van der Waals surface area contributed by atoms with Crippen molar-refractivity contribution in [1.29, 1.82) is 0 Å². The molecule has 0 aromatic heterocycles. The van der Waals surface area contributed by atoms with Gasteiger partial charge < -0.3 is 5.73 Å². The molecule has 0 spiro atoms. The molecule has 0 aliphatic carbocycles. The number of hydrogen-bond acceptors (Lipinski definition) is 1. The predicted octanol–water partition coefficient (Wildman–Crippen LogP) is 4.06. The van der Waals surface area contributed by atoms with Gasteiger partial charge in [-0.3, -0.25) is 0 Å². The van der Waals surface area contributed by atoms with Crippen molar-refractivity contribution in [2.24, 2.45) is 11.7 Å². The minimum Gasteiger partial charge on any atom is -0.330 e. The molecule has 18 heavy (non-hydrogen) atoms. The van der Waals surface area contributed by atoms with Gasteiger partial charge in [-0.1, -0.05) is 45.9 Å². The molecule has 0 aliphatic rings. The Bertz CT molecular complexity index is 397. The van der Waals surface area contributed by atoms with Crippen LogP contribution in [0.3, 0.4) is 0 Å². The first-order valence-corrected chi connectivity index (χ1v) is 6.40. The maximum atomic E-state index is 14.0. The molecule has 0 fully saturated rings. The zero-order valence-corrected chi connectivity index (χ0v) is 11.6. The van der Waals surface area contributed by atoms with E-state index in [1.807, 2.05) is 19.9 Å². The summed E-state index contributed by atoms with van der Waals surface area (Å²) in [5, 5.41) is 0. The fourth-order valence-electron chi connectivity index (χ4n) is 1.99. The quantitative estimate of drug-likeness (QED) is 0.843.